The lowest BCUT2D eigenvalue weighted by Gasteiger charge is -2.28. The van der Waals surface area contributed by atoms with Crippen molar-refractivity contribution < 1.29 is 24.4 Å². The Bertz CT molecular complexity index is 1060. The van der Waals surface area contributed by atoms with Gasteiger partial charge >= 0.3 is 0 Å². The molecule has 0 radical (unpaired) electrons. The van der Waals surface area contributed by atoms with Gasteiger partial charge in [0.2, 0.25) is 0 Å². The molecule has 1 saturated heterocycles. The Morgan fingerprint density at radius 1 is 1.09 bits per heavy atom. The molecule has 1 heterocycles. The van der Waals surface area contributed by atoms with Crippen molar-refractivity contribution in [2.45, 2.75) is 19.9 Å². The van der Waals surface area contributed by atoms with Gasteiger partial charge in [0.1, 0.15) is 11.5 Å². The Morgan fingerprint density at radius 3 is 2.21 bits per heavy atom. The summed E-state index contributed by atoms with van der Waals surface area (Å²) in [5, 5.41) is 22.1. The van der Waals surface area contributed by atoms with Crippen molar-refractivity contribution in [2.75, 3.05) is 33.3 Å². The number of benzene rings is 2. The minimum absolute atomic E-state index is 0.0430. The second kappa shape index (κ2) is 10.3. The van der Waals surface area contributed by atoms with Crippen molar-refractivity contribution in [3.8, 4) is 5.75 Å². The van der Waals surface area contributed by atoms with E-state index in [1.807, 2.05) is 13.8 Å². The number of nitro benzene ring substituents is 1. The third-order valence-corrected chi connectivity index (χ3v) is 5.87. The number of aliphatic hydroxyl groups excluding tert-OH is 1. The van der Waals surface area contributed by atoms with E-state index >= 15 is 0 Å². The number of ketones is 1. The van der Waals surface area contributed by atoms with Crippen molar-refractivity contribution in [1.82, 2.24) is 9.80 Å². The number of hydrogen-bond donors (Lipinski definition) is 1. The number of rotatable bonds is 9. The maximum atomic E-state index is 13.0. The fourth-order valence-electron chi connectivity index (χ4n) is 3.93. The zero-order chi connectivity index (χ0) is 24.1. The van der Waals surface area contributed by atoms with Crippen LogP contribution >= 0.6 is 0 Å². The van der Waals surface area contributed by atoms with Gasteiger partial charge in [-0.25, -0.2) is 0 Å². The number of nitro groups is 1. The number of methoxy groups -OCH3 is 1. The first-order valence-electron chi connectivity index (χ1n) is 10.7. The highest BCUT2D eigenvalue weighted by molar-refractivity contribution is 6.46. The standard InChI is InChI=1S/C24H27N3O6/c1-4-25(5-2)14-15-26-21(16-6-10-18(11-7-16)27(31)32)20(23(29)24(26)30)22(28)17-8-12-19(33-3)13-9-17/h6-13,21,28H,4-5,14-15H2,1-3H3/b22-20+. The molecule has 0 aromatic heterocycles. The first kappa shape index (κ1) is 23.9. The summed E-state index contributed by atoms with van der Waals surface area (Å²) in [4.78, 5) is 40.1. The molecule has 9 heteroatoms. The number of ether oxygens (including phenoxy) is 1. The van der Waals surface area contributed by atoms with Crippen molar-refractivity contribution in [1.29, 1.82) is 0 Å². The number of Topliss-reactive ketones (excluding diaryl/α,β-unsaturated/α-hetero) is 1. The van der Waals surface area contributed by atoms with Gasteiger partial charge < -0.3 is 19.6 Å². The van der Waals surface area contributed by atoms with Crippen LogP contribution in [0.5, 0.6) is 5.75 Å². The second-order valence-electron chi connectivity index (χ2n) is 7.60. The zero-order valence-electron chi connectivity index (χ0n) is 18.9. The smallest absolute Gasteiger partial charge is 0.295 e. The first-order valence-corrected chi connectivity index (χ1v) is 10.7. The Balaban J connectivity index is 2.09. The monoisotopic (exact) mass is 453 g/mol. The lowest BCUT2D eigenvalue weighted by Crippen LogP contribution is -2.38. The number of amides is 1. The molecule has 174 valence electrons. The van der Waals surface area contributed by atoms with E-state index in [4.69, 9.17) is 4.74 Å². The molecular weight excluding hydrogens is 426 g/mol. The van der Waals surface area contributed by atoms with Gasteiger partial charge in [0.25, 0.3) is 17.4 Å². The second-order valence-corrected chi connectivity index (χ2v) is 7.60. The number of aliphatic hydroxyl groups is 1. The lowest BCUT2D eigenvalue weighted by molar-refractivity contribution is -0.384. The third kappa shape index (κ3) is 4.88. The number of carbonyl (C=O) groups excluding carboxylic acids is 2. The number of likely N-dealkylation sites (tertiary alicyclic amines) is 1. The Labute approximate surface area is 192 Å². The fraction of sp³-hybridized carbons (Fsp3) is 0.333. The molecule has 1 atom stereocenters. The topological polar surface area (TPSA) is 113 Å². The molecule has 33 heavy (non-hydrogen) atoms. The van der Waals surface area contributed by atoms with E-state index < -0.39 is 22.7 Å². The largest absolute Gasteiger partial charge is 0.507 e. The van der Waals surface area contributed by atoms with Crippen molar-refractivity contribution in [2.24, 2.45) is 0 Å². The van der Waals surface area contributed by atoms with E-state index in [2.05, 4.69) is 4.90 Å². The molecule has 0 saturated carbocycles. The summed E-state index contributed by atoms with van der Waals surface area (Å²) >= 11 is 0. The van der Waals surface area contributed by atoms with Crippen LogP contribution in [-0.4, -0.2) is 64.8 Å². The van der Waals surface area contributed by atoms with Crippen LogP contribution in [-0.2, 0) is 9.59 Å². The van der Waals surface area contributed by atoms with Gasteiger partial charge in [-0.15, -0.1) is 0 Å². The van der Waals surface area contributed by atoms with Crippen LogP contribution in [0.4, 0.5) is 5.69 Å². The molecule has 1 N–H and O–H groups in total. The highest BCUT2D eigenvalue weighted by Crippen LogP contribution is 2.39. The zero-order valence-corrected chi connectivity index (χ0v) is 18.9. The highest BCUT2D eigenvalue weighted by Gasteiger charge is 2.46. The van der Waals surface area contributed by atoms with Gasteiger partial charge in [-0.05, 0) is 55.1 Å². The van der Waals surface area contributed by atoms with Crippen LogP contribution in [0.3, 0.4) is 0 Å². The third-order valence-electron chi connectivity index (χ3n) is 5.87. The minimum atomic E-state index is -0.858. The summed E-state index contributed by atoms with van der Waals surface area (Å²) in [6, 6.07) is 11.3. The Morgan fingerprint density at radius 2 is 1.70 bits per heavy atom. The minimum Gasteiger partial charge on any atom is -0.507 e. The van der Waals surface area contributed by atoms with E-state index in [1.165, 1.54) is 36.3 Å². The Kier molecular flexibility index (Phi) is 7.44. The molecule has 1 amide bonds. The van der Waals surface area contributed by atoms with E-state index in [1.54, 1.807) is 24.3 Å². The van der Waals surface area contributed by atoms with Crippen LogP contribution in [0.2, 0.25) is 0 Å². The average molecular weight is 453 g/mol. The summed E-state index contributed by atoms with van der Waals surface area (Å²) in [5.41, 5.74) is 0.728. The molecule has 0 bridgehead atoms. The molecule has 1 unspecified atom stereocenters. The van der Waals surface area contributed by atoms with Crippen LogP contribution < -0.4 is 4.74 Å². The van der Waals surface area contributed by atoms with Gasteiger partial charge in [0, 0.05) is 30.8 Å². The number of likely N-dealkylation sites (N-methyl/N-ethyl adjacent to an activating group) is 1. The van der Waals surface area contributed by atoms with E-state index in [-0.39, 0.29) is 23.6 Å². The molecular formula is C24H27N3O6. The van der Waals surface area contributed by atoms with Gasteiger partial charge in [-0.2, -0.15) is 0 Å². The normalized spacial score (nSPS) is 17.6. The molecule has 1 aliphatic rings. The first-order chi connectivity index (χ1) is 15.8. The van der Waals surface area contributed by atoms with Gasteiger partial charge in [-0.1, -0.05) is 13.8 Å². The molecule has 1 fully saturated rings. The summed E-state index contributed by atoms with van der Waals surface area (Å²) in [7, 11) is 1.52. The van der Waals surface area contributed by atoms with Gasteiger partial charge in [-0.3, -0.25) is 19.7 Å². The molecule has 2 aromatic carbocycles. The number of nitrogens with zero attached hydrogens (tertiary/aromatic N) is 3. The van der Waals surface area contributed by atoms with Crippen molar-refractivity contribution in [3.05, 3.63) is 75.3 Å². The quantitative estimate of drug-likeness (QED) is 0.204. The van der Waals surface area contributed by atoms with Crippen molar-refractivity contribution in [3.63, 3.8) is 0 Å². The van der Waals surface area contributed by atoms with Crippen molar-refractivity contribution >= 4 is 23.1 Å². The molecule has 9 nitrogen and oxygen atoms in total. The number of carbonyl (C=O) groups is 2. The maximum Gasteiger partial charge on any atom is 0.295 e. The summed E-state index contributed by atoms with van der Waals surface area (Å²) in [6.45, 7) is 6.41. The number of hydrogen-bond acceptors (Lipinski definition) is 7. The average Bonchev–Trinajstić information content (AvgIpc) is 3.09. The highest BCUT2D eigenvalue weighted by atomic mass is 16.6. The van der Waals surface area contributed by atoms with Crippen LogP contribution in [0.25, 0.3) is 5.76 Å². The summed E-state index contributed by atoms with van der Waals surface area (Å²) in [6.07, 6.45) is 0. The van der Waals surface area contributed by atoms with E-state index in [0.29, 0.717) is 23.4 Å². The van der Waals surface area contributed by atoms with Crippen LogP contribution in [0, 0.1) is 10.1 Å². The molecule has 1 aliphatic heterocycles. The fourth-order valence-corrected chi connectivity index (χ4v) is 3.93. The van der Waals surface area contributed by atoms with Gasteiger partial charge in [0.15, 0.2) is 0 Å². The molecule has 0 aliphatic carbocycles. The molecule has 0 spiro atoms. The number of non-ortho nitro benzene ring substituents is 1. The summed E-state index contributed by atoms with van der Waals surface area (Å²) < 4.78 is 5.14. The SMILES string of the molecule is CCN(CC)CCN1C(=O)C(=O)/C(=C(/O)c2ccc(OC)cc2)C1c1ccc([N+](=O)[O-])cc1. The molecule has 2 aromatic rings. The van der Waals surface area contributed by atoms with Gasteiger partial charge in [0.05, 0.1) is 23.6 Å². The lowest BCUT2D eigenvalue weighted by atomic mass is 9.95. The maximum absolute atomic E-state index is 13.0. The predicted molar refractivity (Wildman–Crippen MR) is 123 cm³/mol. The Hall–Kier alpha value is -3.72. The van der Waals surface area contributed by atoms with Crippen LogP contribution in [0.15, 0.2) is 54.1 Å². The van der Waals surface area contributed by atoms with Crippen LogP contribution in [0.1, 0.15) is 31.0 Å². The molecule has 3 rings (SSSR count). The predicted octanol–water partition coefficient (Wildman–Crippen LogP) is 3.37. The summed E-state index contributed by atoms with van der Waals surface area (Å²) in [5.74, 6) is -1.21. The van der Waals surface area contributed by atoms with E-state index in [9.17, 15) is 24.8 Å². The van der Waals surface area contributed by atoms with E-state index in [0.717, 1.165) is 13.1 Å².